The minimum Gasteiger partial charge on any atom is -0.502 e. The molecule has 0 saturated heterocycles. The summed E-state index contributed by atoms with van der Waals surface area (Å²) in [7, 11) is 0. The zero-order chi connectivity index (χ0) is 12.4. The minimum absolute atomic E-state index is 0.269. The van der Waals surface area contributed by atoms with E-state index in [0.717, 1.165) is 16.7 Å². The molecule has 4 heteroatoms. The molecular formula is C13H11NO3. The Kier molecular flexibility index (Phi) is 2.78. The van der Waals surface area contributed by atoms with E-state index >= 15 is 0 Å². The molecule has 0 spiro atoms. The number of rotatable bonds is 2. The molecule has 2 rings (SSSR count). The molecule has 0 fully saturated rings. The lowest BCUT2D eigenvalue weighted by Gasteiger charge is -2.06. The lowest BCUT2D eigenvalue weighted by atomic mass is 9.99. The monoisotopic (exact) mass is 229 g/mol. The fourth-order valence-electron chi connectivity index (χ4n) is 1.76. The van der Waals surface area contributed by atoms with Crippen molar-refractivity contribution in [2.75, 3.05) is 0 Å². The lowest BCUT2D eigenvalue weighted by Crippen LogP contribution is -1.91. The highest BCUT2D eigenvalue weighted by Crippen LogP contribution is 2.34. The van der Waals surface area contributed by atoms with Gasteiger partial charge in [0, 0.05) is 6.07 Å². The van der Waals surface area contributed by atoms with E-state index in [2.05, 4.69) is 0 Å². The predicted molar refractivity (Wildman–Crippen MR) is 64.9 cm³/mol. The van der Waals surface area contributed by atoms with E-state index in [1.165, 1.54) is 12.1 Å². The van der Waals surface area contributed by atoms with Crippen molar-refractivity contribution >= 4 is 5.69 Å². The lowest BCUT2D eigenvalue weighted by molar-refractivity contribution is -0.385. The van der Waals surface area contributed by atoms with Gasteiger partial charge < -0.3 is 5.11 Å². The van der Waals surface area contributed by atoms with E-state index in [-0.39, 0.29) is 11.4 Å². The third-order valence-electron chi connectivity index (χ3n) is 2.60. The summed E-state index contributed by atoms with van der Waals surface area (Å²) >= 11 is 0. The van der Waals surface area contributed by atoms with E-state index in [4.69, 9.17) is 0 Å². The second-order valence-corrected chi connectivity index (χ2v) is 3.78. The van der Waals surface area contributed by atoms with Crippen LogP contribution in [-0.4, -0.2) is 10.0 Å². The van der Waals surface area contributed by atoms with Crippen LogP contribution < -0.4 is 0 Å². The maximum Gasteiger partial charge on any atom is 0.311 e. The molecule has 0 heterocycles. The summed E-state index contributed by atoms with van der Waals surface area (Å²) in [6, 6.07) is 12.2. The molecule has 0 amide bonds. The number of nitro groups is 1. The molecule has 0 saturated carbocycles. The summed E-state index contributed by atoms with van der Waals surface area (Å²) in [4.78, 5) is 10.2. The average Bonchev–Trinajstić information content (AvgIpc) is 2.29. The van der Waals surface area contributed by atoms with Crippen LogP contribution in [-0.2, 0) is 0 Å². The Labute approximate surface area is 98.3 Å². The van der Waals surface area contributed by atoms with Crippen LogP contribution in [0.25, 0.3) is 11.1 Å². The second-order valence-electron chi connectivity index (χ2n) is 3.78. The average molecular weight is 229 g/mol. The molecular weight excluding hydrogens is 218 g/mol. The molecule has 0 atom stereocenters. The Hall–Kier alpha value is -2.36. The molecule has 0 radical (unpaired) electrons. The first kappa shape index (κ1) is 11.1. The van der Waals surface area contributed by atoms with Gasteiger partial charge in [0.05, 0.1) is 4.92 Å². The molecule has 17 heavy (non-hydrogen) atoms. The fourth-order valence-corrected chi connectivity index (χ4v) is 1.76. The van der Waals surface area contributed by atoms with Crippen molar-refractivity contribution in [2.45, 2.75) is 6.92 Å². The van der Waals surface area contributed by atoms with Crippen molar-refractivity contribution in [1.29, 1.82) is 0 Å². The van der Waals surface area contributed by atoms with Crippen LogP contribution in [0.1, 0.15) is 5.56 Å². The van der Waals surface area contributed by atoms with Crippen molar-refractivity contribution in [3.05, 3.63) is 58.1 Å². The summed E-state index contributed by atoms with van der Waals surface area (Å²) in [5.41, 5.74) is 2.19. The van der Waals surface area contributed by atoms with Gasteiger partial charge in [-0.05, 0) is 29.7 Å². The molecule has 4 nitrogen and oxygen atoms in total. The standard InChI is InChI=1S/C13H11NO3/c1-9-7-13(15)12(14(16)17)8-11(9)10-5-3-2-4-6-10/h2-8,15H,1H3. The van der Waals surface area contributed by atoms with Gasteiger partial charge in [-0.2, -0.15) is 0 Å². The zero-order valence-corrected chi connectivity index (χ0v) is 9.25. The van der Waals surface area contributed by atoms with Gasteiger partial charge in [-0.25, -0.2) is 0 Å². The normalized spacial score (nSPS) is 10.2. The topological polar surface area (TPSA) is 63.4 Å². The van der Waals surface area contributed by atoms with Gasteiger partial charge in [0.2, 0.25) is 0 Å². The van der Waals surface area contributed by atoms with Gasteiger partial charge >= 0.3 is 5.69 Å². The maximum absolute atomic E-state index is 10.8. The predicted octanol–water partition coefficient (Wildman–Crippen LogP) is 3.28. The second kappa shape index (κ2) is 4.25. The number of hydrogen-bond acceptors (Lipinski definition) is 3. The number of phenols is 1. The smallest absolute Gasteiger partial charge is 0.311 e. The van der Waals surface area contributed by atoms with Crippen molar-refractivity contribution in [3.63, 3.8) is 0 Å². The fraction of sp³-hybridized carbons (Fsp3) is 0.0769. The number of benzene rings is 2. The summed E-state index contributed by atoms with van der Waals surface area (Å²) in [5.74, 6) is -0.299. The maximum atomic E-state index is 10.8. The summed E-state index contributed by atoms with van der Waals surface area (Å²) in [6.07, 6.45) is 0. The molecule has 0 bridgehead atoms. The van der Waals surface area contributed by atoms with Gasteiger partial charge in [0.15, 0.2) is 5.75 Å². The Bertz CT molecular complexity index is 564. The van der Waals surface area contributed by atoms with E-state index in [0.29, 0.717) is 0 Å². The van der Waals surface area contributed by atoms with E-state index in [9.17, 15) is 15.2 Å². The third kappa shape index (κ3) is 2.10. The highest BCUT2D eigenvalue weighted by atomic mass is 16.6. The van der Waals surface area contributed by atoms with Gasteiger partial charge in [0.25, 0.3) is 0 Å². The Morgan fingerprint density at radius 2 is 1.82 bits per heavy atom. The highest BCUT2D eigenvalue weighted by molar-refractivity contribution is 5.72. The first-order valence-electron chi connectivity index (χ1n) is 5.13. The van der Waals surface area contributed by atoms with Crippen LogP contribution in [0, 0.1) is 17.0 Å². The van der Waals surface area contributed by atoms with E-state index < -0.39 is 4.92 Å². The van der Waals surface area contributed by atoms with Crippen LogP contribution in [0.2, 0.25) is 0 Å². The quantitative estimate of drug-likeness (QED) is 0.634. The molecule has 0 aliphatic heterocycles. The molecule has 86 valence electrons. The number of nitro benzene ring substituents is 1. The van der Waals surface area contributed by atoms with Crippen LogP contribution in [0.4, 0.5) is 5.69 Å². The minimum atomic E-state index is -0.582. The number of hydrogen-bond donors (Lipinski definition) is 1. The van der Waals surface area contributed by atoms with Crippen molar-refractivity contribution in [2.24, 2.45) is 0 Å². The molecule has 2 aromatic carbocycles. The summed E-state index contributed by atoms with van der Waals surface area (Å²) < 4.78 is 0. The van der Waals surface area contributed by atoms with Gasteiger partial charge in [-0.15, -0.1) is 0 Å². The van der Waals surface area contributed by atoms with Crippen molar-refractivity contribution in [1.82, 2.24) is 0 Å². The summed E-state index contributed by atoms with van der Waals surface area (Å²) in [5, 5.41) is 20.3. The van der Waals surface area contributed by atoms with Crippen LogP contribution in [0.15, 0.2) is 42.5 Å². The Morgan fingerprint density at radius 3 is 2.41 bits per heavy atom. The van der Waals surface area contributed by atoms with Crippen LogP contribution in [0.3, 0.4) is 0 Å². The first-order chi connectivity index (χ1) is 8.09. The van der Waals surface area contributed by atoms with E-state index in [1.54, 1.807) is 0 Å². The third-order valence-corrected chi connectivity index (χ3v) is 2.60. The molecule has 0 aliphatic carbocycles. The summed E-state index contributed by atoms with van der Waals surface area (Å²) in [6.45, 7) is 1.81. The van der Waals surface area contributed by atoms with Crippen molar-refractivity contribution < 1.29 is 10.0 Å². The molecule has 0 unspecified atom stereocenters. The molecule has 1 N–H and O–H groups in total. The SMILES string of the molecule is Cc1cc(O)c([N+](=O)[O-])cc1-c1ccccc1. The molecule has 2 aromatic rings. The van der Waals surface area contributed by atoms with Crippen LogP contribution >= 0.6 is 0 Å². The first-order valence-corrected chi connectivity index (χ1v) is 5.13. The largest absolute Gasteiger partial charge is 0.502 e. The number of aryl methyl sites for hydroxylation is 1. The van der Waals surface area contributed by atoms with Gasteiger partial charge in [-0.3, -0.25) is 10.1 Å². The Balaban J connectivity index is 2.63. The number of nitrogens with zero attached hydrogens (tertiary/aromatic N) is 1. The zero-order valence-electron chi connectivity index (χ0n) is 9.25. The van der Waals surface area contributed by atoms with Crippen LogP contribution in [0.5, 0.6) is 5.75 Å². The molecule has 0 aromatic heterocycles. The van der Waals surface area contributed by atoms with Gasteiger partial charge in [-0.1, -0.05) is 30.3 Å². The number of aromatic hydroxyl groups is 1. The number of phenolic OH excluding ortho intramolecular Hbond substituents is 1. The van der Waals surface area contributed by atoms with Gasteiger partial charge in [0.1, 0.15) is 0 Å². The van der Waals surface area contributed by atoms with E-state index in [1.807, 2.05) is 37.3 Å². The van der Waals surface area contributed by atoms with Crippen molar-refractivity contribution in [3.8, 4) is 16.9 Å². The molecule has 0 aliphatic rings. The Morgan fingerprint density at radius 1 is 1.18 bits per heavy atom. The highest BCUT2D eigenvalue weighted by Gasteiger charge is 2.16.